The Morgan fingerprint density at radius 3 is 2.59 bits per heavy atom. The smallest absolute Gasteiger partial charge is 0.255 e. The van der Waals surface area contributed by atoms with Crippen LogP contribution in [0.3, 0.4) is 0 Å². The molecule has 2 heterocycles. The van der Waals surface area contributed by atoms with E-state index >= 15 is 0 Å². The number of nitrogens with one attached hydrogen (secondary N) is 3. The van der Waals surface area contributed by atoms with E-state index in [2.05, 4.69) is 30.9 Å². The first-order valence-corrected chi connectivity index (χ1v) is 11.9. The fraction of sp³-hybridized carbons (Fsp3) is 0.214. The number of hydrogen-bond acceptors (Lipinski definition) is 7. The number of benzene rings is 2. The normalized spacial score (nSPS) is 11.8. The molecular weight excluding hydrogens is 469 g/mol. The fourth-order valence-electron chi connectivity index (χ4n) is 3.59. The molecular formula is C28H30FN7O. The molecule has 1 amide bonds. The molecule has 0 aliphatic rings. The van der Waals surface area contributed by atoms with Gasteiger partial charge in [-0.2, -0.15) is 0 Å². The summed E-state index contributed by atoms with van der Waals surface area (Å²) in [6.07, 6.45) is 3.85. The molecule has 0 radical (unpaired) electrons. The lowest BCUT2D eigenvalue weighted by molar-refractivity contribution is 0.102. The van der Waals surface area contributed by atoms with Crippen molar-refractivity contribution >= 4 is 23.2 Å². The zero-order chi connectivity index (χ0) is 26.2. The second-order valence-corrected chi connectivity index (χ2v) is 8.86. The Balaban J connectivity index is 1.41. The van der Waals surface area contributed by atoms with Crippen LogP contribution in [-0.2, 0) is 0 Å². The summed E-state index contributed by atoms with van der Waals surface area (Å²) in [6.45, 7) is 3.22. The minimum Gasteiger partial charge on any atom is -0.324 e. The van der Waals surface area contributed by atoms with Crippen LogP contribution in [-0.4, -0.2) is 52.9 Å². The molecule has 37 heavy (non-hydrogen) atoms. The van der Waals surface area contributed by atoms with Crippen molar-refractivity contribution in [3.63, 3.8) is 0 Å². The van der Waals surface area contributed by atoms with Gasteiger partial charge in [-0.3, -0.25) is 15.1 Å². The Bertz CT molecular complexity index is 1330. The first-order chi connectivity index (χ1) is 17.9. The molecule has 0 saturated carbocycles. The number of nitrogens with zero attached hydrogens (tertiary/aromatic N) is 4. The van der Waals surface area contributed by atoms with Crippen LogP contribution in [0, 0.1) is 6.92 Å². The van der Waals surface area contributed by atoms with Crippen LogP contribution < -0.4 is 16.0 Å². The Morgan fingerprint density at radius 1 is 1.05 bits per heavy atom. The number of likely N-dealkylation sites (N-methyl/N-ethyl adjacent to an activating group) is 1. The van der Waals surface area contributed by atoms with Gasteiger partial charge in [-0.1, -0.05) is 18.2 Å². The number of carbonyl (C=O) groups is 1. The molecule has 1 atom stereocenters. The Kier molecular flexibility index (Phi) is 8.50. The number of hydrogen-bond donors (Lipinski definition) is 3. The molecule has 8 nitrogen and oxygen atoms in total. The van der Waals surface area contributed by atoms with Crippen LogP contribution in [0.2, 0.25) is 0 Å². The van der Waals surface area contributed by atoms with Gasteiger partial charge in [0.15, 0.2) is 6.30 Å². The van der Waals surface area contributed by atoms with Crippen LogP contribution in [0.4, 0.5) is 21.7 Å². The number of aromatic nitrogens is 3. The van der Waals surface area contributed by atoms with Gasteiger partial charge in [0.25, 0.3) is 5.91 Å². The monoisotopic (exact) mass is 499 g/mol. The molecule has 2 aromatic carbocycles. The van der Waals surface area contributed by atoms with E-state index in [-0.39, 0.29) is 5.91 Å². The quantitative estimate of drug-likeness (QED) is 0.265. The standard InChI is InChI=1S/C28H30FN7O/c1-19-6-11-23(17-25(19)35-28-32-14-12-24(34-28)22-5-4-13-30-18-22)33-27(37)21-9-7-20(8-10-21)26(29)31-15-16-36(2)3/h4-14,17-18,26,31H,15-16H2,1-3H3,(H,33,37)(H,32,34,35). The molecule has 3 N–H and O–H groups in total. The molecule has 0 spiro atoms. The highest BCUT2D eigenvalue weighted by Crippen LogP contribution is 2.25. The fourth-order valence-corrected chi connectivity index (χ4v) is 3.59. The lowest BCUT2D eigenvalue weighted by Crippen LogP contribution is -2.28. The Morgan fingerprint density at radius 2 is 1.86 bits per heavy atom. The van der Waals surface area contributed by atoms with Crippen molar-refractivity contribution in [2.75, 3.05) is 37.8 Å². The molecule has 4 rings (SSSR count). The van der Waals surface area contributed by atoms with E-state index in [1.54, 1.807) is 42.9 Å². The molecule has 4 aromatic rings. The third kappa shape index (κ3) is 7.16. The third-order valence-corrected chi connectivity index (χ3v) is 5.70. The van der Waals surface area contributed by atoms with Gasteiger partial charge in [0, 0.05) is 59.7 Å². The molecule has 9 heteroatoms. The Labute approximate surface area is 216 Å². The van der Waals surface area contributed by atoms with Gasteiger partial charge in [0.2, 0.25) is 5.95 Å². The van der Waals surface area contributed by atoms with E-state index in [9.17, 15) is 9.18 Å². The second kappa shape index (κ2) is 12.2. The number of aryl methyl sites for hydroxylation is 1. The van der Waals surface area contributed by atoms with E-state index in [0.29, 0.717) is 29.3 Å². The first kappa shape index (κ1) is 25.9. The number of halogens is 1. The summed E-state index contributed by atoms with van der Waals surface area (Å²) >= 11 is 0. The summed E-state index contributed by atoms with van der Waals surface area (Å²) in [6, 6.07) is 17.6. The summed E-state index contributed by atoms with van der Waals surface area (Å²) in [4.78, 5) is 27.8. The van der Waals surface area contributed by atoms with Crippen molar-refractivity contribution in [3.05, 3.63) is 95.9 Å². The SMILES string of the molecule is Cc1ccc(NC(=O)c2ccc(C(F)NCCN(C)C)cc2)cc1Nc1nccc(-c2cccnc2)n1. The summed E-state index contributed by atoms with van der Waals surface area (Å²) < 4.78 is 14.4. The number of anilines is 3. The summed E-state index contributed by atoms with van der Waals surface area (Å²) in [5.74, 6) is 0.149. The van der Waals surface area contributed by atoms with Gasteiger partial charge in [-0.05, 0) is 69.0 Å². The highest BCUT2D eigenvalue weighted by atomic mass is 19.1. The van der Waals surface area contributed by atoms with Gasteiger partial charge in [0.05, 0.1) is 5.69 Å². The molecule has 0 saturated heterocycles. The van der Waals surface area contributed by atoms with Gasteiger partial charge in [0.1, 0.15) is 0 Å². The van der Waals surface area contributed by atoms with Crippen LogP contribution in [0.25, 0.3) is 11.3 Å². The molecule has 1 unspecified atom stereocenters. The highest BCUT2D eigenvalue weighted by Gasteiger charge is 2.12. The van der Waals surface area contributed by atoms with E-state index in [1.165, 1.54) is 0 Å². The predicted octanol–water partition coefficient (Wildman–Crippen LogP) is 4.96. The van der Waals surface area contributed by atoms with Crippen molar-refractivity contribution in [1.82, 2.24) is 25.2 Å². The third-order valence-electron chi connectivity index (χ3n) is 5.70. The van der Waals surface area contributed by atoms with E-state index in [0.717, 1.165) is 29.1 Å². The van der Waals surface area contributed by atoms with Crippen LogP contribution in [0.5, 0.6) is 0 Å². The van der Waals surface area contributed by atoms with Crippen molar-refractivity contribution in [1.29, 1.82) is 0 Å². The maximum atomic E-state index is 14.4. The number of rotatable bonds is 10. The lowest BCUT2D eigenvalue weighted by Gasteiger charge is -2.14. The molecule has 0 bridgehead atoms. The lowest BCUT2D eigenvalue weighted by atomic mass is 10.1. The van der Waals surface area contributed by atoms with Crippen molar-refractivity contribution < 1.29 is 9.18 Å². The number of carbonyl (C=O) groups excluding carboxylic acids is 1. The van der Waals surface area contributed by atoms with E-state index in [1.807, 2.05) is 62.3 Å². The minimum atomic E-state index is -1.29. The van der Waals surface area contributed by atoms with Crippen molar-refractivity contribution in [3.8, 4) is 11.3 Å². The average Bonchev–Trinajstić information content (AvgIpc) is 2.91. The zero-order valence-corrected chi connectivity index (χ0v) is 21.1. The average molecular weight is 500 g/mol. The van der Waals surface area contributed by atoms with Crippen molar-refractivity contribution in [2.45, 2.75) is 13.2 Å². The topological polar surface area (TPSA) is 95.1 Å². The maximum Gasteiger partial charge on any atom is 0.255 e. The summed E-state index contributed by atoms with van der Waals surface area (Å²) in [5, 5.41) is 8.97. The molecule has 0 aliphatic heterocycles. The van der Waals surface area contributed by atoms with Crippen LogP contribution in [0.15, 0.2) is 79.3 Å². The van der Waals surface area contributed by atoms with Gasteiger partial charge in [-0.25, -0.2) is 14.4 Å². The second-order valence-electron chi connectivity index (χ2n) is 8.86. The van der Waals surface area contributed by atoms with Gasteiger partial charge < -0.3 is 15.5 Å². The first-order valence-electron chi connectivity index (χ1n) is 11.9. The largest absolute Gasteiger partial charge is 0.324 e. The van der Waals surface area contributed by atoms with Crippen molar-refractivity contribution in [2.24, 2.45) is 0 Å². The number of alkyl halides is 1. The van der Waals surface area contributed by atoms with Gasteiger partial charge in [-0.15, -0.1) is 0 Å². The highest BCUT2D eigenvalue weighted by molar-refractivity contribution is 6.04. The predicted molar refractivity (Wildman–Crippen MR) is 145 cm³/mol. The molecule has 0 aliphatic carbocycles. The molecule has 190 valence electrons. The molecule has 0 fully saturated rings. The summed E-state index contributed by atoms with van der Waals surface area (Å²) in [7, 11) is 3.87. The number of amides is 1. The summed E-state index contributed by atoms with van der Waals surface area (Å²) in [5.41, 5.74) is 4.89. The Hall–Kier alpha value is -4.21. The molecule has 2 aromatic heterocycles. The number of pyridine rings is 1. The zero-order valence-electron chi connectivity index (χ0n) is 21.1. The minimum absolute atomic E-state index is 0.285. The van der Waals surface area contributed by atoms with Crippen LogP contribution in [0.1, 0.15) is 27.8 Å². The van der Waals surface area contributed by atoms with Crippen LogP contribution >= 0.6 is 0 Å². The van der Waals surface area contributed by atoms with E-state index in [4.69, 9.17) is 0 Å². The van der Waals surface area contributed by atoms with E-state index < -0.39 is 6.30 Å². The maximum absolute atomic E-state index is 14.4. The van der Waals surface area contributed by atoms with Gasteiger partial charge >= 0.3 is 0 Å².